The number of benzene rings is 1. The molecule has 1 fully saturated rings. The Morgan fingerprint density at radius 2 is 2.16 bits per heavy atom. The number of oxime groups is 1. The number of hydrogen-bond donors (Lipinski definition) is 1. The second kappa shape index (κ2) is 8.82. The van der Waals surface area contributed by atoms with Crippen LogP contribution in [0.1, 0.15) is 18.4 Å². The molecule has 7 heteroatoms. The lowest BCUT2D eigenvalue weighted by atomic mass is 10.0. The van der Waals surface area contributed by atoms with Crippen LogP contribution in [0.25, 0.3) is 0 Å². The summed E-state index contributed by atoms with van der Waals surface area (Å²) in [5.74, 6) is 0.618. The molecule has 1 atom stereocenters. The van der Waals surface area contributed by atoms with Crippen LogP contribution in [0.5, 0.6) is 5.75 Å². The standard InChI is InChI=1S/C18H25N3O4/c1-23-16-6-3-2-5-14(16)15-13-17(25-20-15)18(22)19-7-4-8-21-9-11-24-12-10-21/h2-3,5-6,17H,4,7-13H2,1H3,(H,19,22)/t17-/m0/s1. The van der Waals surface area contributed by atoms with Gasteiger partial charge in [0.15, 0.2) is 0 Å². The third kappa shape index (κ3) is 4.70. The van der Waals surface area contributed by atoms with E-state index in [1.165, 1.54) is 0 Å². The van der Waals surface area contributed by atoms with Crippen molar-refractivity contribution in [2.24, 2.45) is 5.16 Å². The Balaban J connectivity index is 1.41. The number of nitrogens with zero attached hydrogens (tertiary/aromatic N) is 2. The summed E-state index contributed by atoms with van der Waals surface area (Å²) in [6.45, 7) is 5.14. The quantitative estimate of drug-likeness (QED) is 0.746. The molecule has 0 spiro atoms. The van der Waals surface area contributed by atoms with E-state index >= 15 is 0 Å². The predicted octanol–water partition coefficient (Wildman–Crippen LogP) is 1.03. The first kappa shape index (κ1) is 17.7. The van der Waals surface area contributed by atoms with Crippen LogP contribution in [-0.2, 0) is 14.4 Å². The maximum Gasteiger partial charge on any atom is 0.264 e. The molecule has 0 aliphatic carbocycles. The number of morpholine rings is 1. The number of ether oxygens (including phenoxy) is 2. The van der Waals surface area contributed by atoms with Crippen LogP contribution in [-0.4, -0.2) is 69.1 Å². The van der Waals surface area contributed by atoms with E-state index in [4.69, 9.17) is 14.3 Å². The number of carbonyl (C=O) groups is 1. The van der Waals surface area contributed by atoms with Gasteiger partial charge in [-0.25, -0.2) is 0 Å². The third-order valence-corrected chi connectivity index (χ3v) is 4.43. The highest BCUT2D eigenvalue weighted by Gasteiger charge is 2.29. The summed E-state index contributed by atoms with van der Waals surface area (Å²) < 4.78 is 10.7. The minimum atomic E-state index is -0.566. The van der Waals surface area contributed by atoms with E-state index in [9.17, 15) is 4.79 Å². The van der Waals surface area contributed by atoms with E-state index in [1.807, 2.05) is 24.3 Å². The smallest absolute Gasteiger partial charge is 0.264 e. The Hall–Kier alpha value is -2.12. The molecule has 3 rings (SSSR count). The lowest BCUT2D eigenvalue weighted by molar-refractivity contribution is -0.131. The number of rotatable bonds is 7. The Morgan fingerprint density at radius 1 is 1.36 bits per heavy atom. The summed E-state index contributed by atoms with van der Waals surface area (Å²) in [6, 6.07) is 7.61. The number of amides is 1. The van der Waals surface area contributed by atoms with Gasteiger partial charge in [-0.1, -0.05) is 17.3 Å². The highest BCUT2D eigenvalue weighted by Crippen LogP contribution is 2.24. The molecule has 136 valence electrons. The monoisotopic (exact) mass is 347 g/mol. The first-order chi connectivity index (χ1) is 12.3. The molecule has 1 aromatic carbocycles. The van der Waals surface area contributed by atoms with Gasteiger partial charge >= 0.3 is 0 Å². The Morgan fingerprint density at radius 3 is 2.96 bits per heavy atom. The molecule has 2 aliphatic heterocycles. The lowest BCUT2D eigenvalue weighted by Gasteiger charge is -2.26. The second-order valence-electron chi connectivity index (χ2n) is 6.14. The molecule has 1 N–H and O–H groups in total. The van der Waals surface area contributed by atoms with Crippen molar-refractivity contribution in [2.75, 3.05) is 46.5 Å². The molecular weight excluding hydrogens is 322 g/mol. The van der Waals surface area contributed by atoms with E-state index in [0.717, 1.165) is 56.3 Å². The molecular formula is C18H25N3O4. The minimum absolute atomic E-state index is 0.115. The molecule has 25 heavy (non-hydrogen) atoms. The Kier molecular flexibility index (Phi) is 6.25. The van der Waals surface area contributed by atoms with Gasteiger partial charge in [-0.15, -0.1) is 0 Å². The van der Waals surface area contributed by atoms with E-state index in [0.29, 0.717) is 13.0 Å². The Labute approximate surface area is 147 Å². The fraction of sp³-hybridized carbons (Fsp3) is 0.556. The first-order valence-electron chi connectivity index (χ1n) is 8.72. The number of hydrogen-bond acceptors (Lipinski definition) is 6. The number of methoxy groups -OCH3 is 1. The van der Waals surface area contributed by atoms with Crippen LogP contribution >= 0.6 is 0 Å². The summed E-state index contributed by atoms with van der Waals surface area (Å²) in [7, 11) is 1.62. The zero-order valence-corrected chi connectivity index (χ0v) is 14.6. The molecule has 0 unspecified atom stereocenters. The van der Waals surface area contributed by atoms with Crippen LogP contribution in [0.2, 0.25) is 0 Å². The van der Waals surface area contributed by atoms with E-state index in [2.05, 4.69) is 15.4 Å². The predicted molar refractivity (Wildman–Crippen MR) is 93.9 cm³/mol. The SMILES string of the molecule is COc1ccccc1C1=NO[C@H](C(=O)NCCCN2CCOCC2)C1. The van der Waals surface area contributed by atoms with Crippen LogP contribution < -0.4 is 10.1 Å². The van der Waals surface area contributed by atoms with Crippen molar-refractivity contribution >= 4 is 11.6 Å². The zero-order valence-electron chi connectivity index (χ0n) is 14.6. The first-order valence-corrected chi connectivity index (χ1v) is 8.72. The van der Waals surface area contributed by atoms with Gasteiger partial charge in [0.25, 0.3) is 5.91 Å². The van der Waals surface area contributed by atoms with Crippen molar-refractivity contribution in [1.29, 1.82) is 0 Å². The van der Waals surface area contributed by atoms with E-state index < -0.39 is 6.10 Å². The molecule has 0 aromatic heterocycles. The zero-order chi connectivity index (χ0) is 17.5. The van der Waals surface area contributed by atoms with Crippen LogP contribution in [0.3, 0.4) is 0 Å². The molecule has 0 saturated carbocycles. The van der Waals surface area contributed by atoms with Crippen molar-refractivity contribution < 1.29 is 19.1 Å². The molecule has 0 radical (unpaired) electrons. The maximum atomic E-state index is 12.3. The van der Waals surface area contributed by atoms with Gasteiger partial charge in [-0.2, -0.15) is 0 Å². The van der Waals surface area contributed by atoms with Gasteiger partial charge in [0.05, 0.1) is 26.0 Å². The van der Waals surface area contributed by atoms with Gasteiger partial charge in [0.1, 0.15) is 5.75 Å². The molecule has 1 aromatic rings. The number of nitrogens with one attached hydrogen (secondary N) is 1. The van der Waals surface area contributed by atoms with Crippen LogP contribution in [0.4, 0.5) is 0 Å². The van der Waals surface area contributed by atoms with Crippen LogP contribution in [0.15, 0.2) is 29.4 Å². The molecule has 0 bridgehead atoms. The summed E-state index contributed by atoms with van der Waals surface area (Å²) in [5.41, 5.74) is 1.61. The average Bonchev–Trinajstić information content (AvgIpc) is 3.16. The van der Waals surface area contributed by atoms with Gasteiger partial charge in [0, 0.05) is 31.6 Å². The van der Waals surface area contributed by atoms with E-state index in [-0.39, 0.29) is 5.91 Å². The van der Waals surface area contributed by atoms with Crippen molar-refractivity contribution in [1.82, 2.24) is 10.2 Å². The lowest BCUT2D eigenvalue weighted by Crippen LogP contribution is -2.39. The van der Waals surface area contributed by atoms with Gasteiger partial charge < -0.3 is 19.6 Å². The number of para-hydroxylation sites is 1. The maximum absolute atomic E-state index is 12.3. The summed E-state index contributed by atoms with van der Waals surface area (Å²) >= 11 is 0. The van der Waals surface area contributed by atoms with Gasteiger partial charge in [-0.05, 0) is 25.1 Å². The number of carbonyl (C=O) groups excluding carboxylic acids is 1. The minimum Gasteiger partial charge on any atom is -0.496 e. The Bertz CT molecular complexity index is 614. The summed E-state index contributed by atoms with van der Waals surface area (Å²) in [4.78, 5) is 19.9. The summed E-state index contributed by atoms with van der Waals surface area (Å²) in [5, 5.41) is 7.01. The van der Waals surface area contributed by atoms with Crippen molar-refractivity contribution in [3.05, 3.63) is 29.8 Å². The molecule has 1 saturated heterocycles. The topological polar surface area (TPSA) is 72.4 Å². The van der Waals surface area contributed by atoms with Crippen molar-refractivity contribution in [3.8, 4) is 5.75 Å². The van der Waals surface area contributed by atoms with Crippen molar-refractivity contribution in [2.45, 2.75) is 18.9 Å². The molecule has 1 amide bonds. The van der Waals surface area contributed by atoms with Crippen LogP contribution in [0, 0.1) is 0 Å². The average molecular weight is 347 g/mol. The fourth-order valence-electron chi connectivity index (χ4n) is 3.01. The second-order valence-corrected chi connectivity index (χ2v) is 6.14. The van der Waals surface area contributed by atoms with E-state index in [1.54, 1.807) is 7.11 Å². The molecule has 2 heterocycles. The highest BCUT2D eigenvalue weighted by atomic mass is 16.6. The molecule has 2 aliphatic rings. The van der Waals surface area contributed by atoms with Gasteiger partial charge in [-0.3, -0.25) is 9.69 Å². The fourth-order valence-corrected chi connectivity index (χ4v) is 3.01. The van der Waals surface area contributed by atoms with Gasteiger partial charge in [0.2, 0.25) is 6.10 Å². The highest BCUT2D eigenvalue weighted by molar-refractivity contribution is 6.05. The normalized spacial score (nSPS) is 20.7. The summed E-state index contributed by atoms with van der Waals surface area (Å²) in [6.07, 6.45) is 0.803. The molecule has 7 nitrogen and oxygen atoms in total. The largest absolute Gasteiger partial charge is 0.496 e. The third-order valence-electron chi connectivity index (χ3n) is 4.43. The van der Waals surface area contributed by atoms with Crippen molar-refractivity contribution in [3.63, 3.8) is 0 Å².